The Morgan fingerprint density at radius 1 is 1.04 bits per heavy atom. The van der Waals surface area contributed by atoms with Crippen LogP contribution >= 0.6 is 0 Å². The van der Waals surface area contributed by atoms with Crippen LogP contribution in [0.5, 0.6) is 40.2 Å². The Morgan fingerprint density at radius 2 is 1.76 bits per heavy atom. The second-order valence-corrected chi connectivity index (χ2v) is 5.45. The first kappa shape index (κ1) is 16.6. The van der Waals surface area contributed by atoms with Gasteiger partial charge in [-0.3, -0.25) is 4.79 Å². The van der Waals surface area contributed by atoms with E-state index >= 15 is 0 Å². The van der Waals surface area contributed by atoms with E-state index in [0.717, 1.165) is 0 Å². The number of methoxy groups -OCH3 is 2. The molecule has 1 heterocycles. The minimum atomic E-state index is -0.783. The van der Waals surface area contributed by atoms with Crippen LogP contribution in [-0.2, 0) is 0 Å². The molecule has 1 atom stereocenters. The van der Waals surface area contributed by atoms with Crippen LogP contribution in [0.25, 0.3) is 0 Å². The molecule has 2 aromatic carbocycles. The summed E-state index contributed by atoms with van der Waals surface area (Å²) in [6.45, 7) is 0. The van der Waals surface area contributed by atoms with E-state index in [2.05, 4.69) is 0 Å². The number of hydrogen-bond acceptors (Lipinski definition) is 8. The minimum absolute atomic E-state index is 0.0686. The number of fused-ring (bicyclic) bond motifs is 1. The van der Waals surface area contributed by atoms with E-state index in [4.69, 9.17) is 14.2 Å². The molecule has 0 aromatic heterocycles. The van der Waals surface area contributed by atoms with Crippen molar-refractivity contribution in [2.45, 2.75) is 12.5 Å². The lowest BCUT2D eigenvalue weighted by molar-refractivity contribution is 0.0833. The van der Waals surface area contributed by atoms with Gasteiger partial charge >= 0.3 is 0 Å². The predicted octanol–water partition coefficient (Wildman–Crippen LogP) is 2.23. The summed E-state index contributed by atoms with van der Waals surface area (Å²) in [4.78, 5) is 12.4. The van der Waals surface area contributed by atoms with Gasteiger partial charge in [-0.25, -0.2) is 0 Å². The average molecular weight is 348 g/mol. The molecule has 1 aliphatic heterocycles. The van der Waals surface area contributed by atoms with Gasteiger partial charge in [-0.1, -0.05) is 6.07 Å². The molecule has 1 aliphatic rings. The molecule has 2 aromatic rings. The van der Waals surface area contributed by atoms with Crippen LogP contribution < -0.4 is 14.2 Å². The van der Waals surface area contributed by atoms with E-state index in [0.29, 0.717) is 5.56 Å². The Balaban J connectivity index is 2.10. The van der Waals surface area contributed by atoms with Gasteiger partial charge in [0.25, 0.3) is 0 Å². The zero-order valence-corrected chi connectivity index (χ0v) is 13.4. The molecule has 3 rings (SSSR count). The fraction of sp³-hybridized carbons (Fsp3) is 0.235. The number of rotatable bonds is 3. The van der Waals surface area contributed by atoms with Gasteiger partial charge in [-0.15, -0.1) is 0 Å². The predicted molar refractivity (Wildman–Crippen MR) is 85.0 cm³/mol. The van der Waals surface area contributed by atoms with Gasteiger partial charge in [0.05, 0.1) is 20.6 Å². The molecule has 0 radical (unpaired) electrons. The molecule has 8 nitrogen and oxygen atoms in total. The molecular formula is C17H16O8. The summed E-state index contributed by atoms with van der Waals surface area (Å²) < 4.78 is 15.6. The number of benzene rings is 2. The van der Waals surface area contributed by atoms with E-state index in [1.807, 2.05) is 0 Å². The molecule has 0 fully saturated rings. The normalized spacial score (nSPS) is 16.1. The lowest BCUT2D eigenvalue weighted by Crippen LogP contribution is -2.21. The SMILES string of the molecule is COc1cc(C2CC(=O)c3c(O)c(O)c(OC)c(O)c3O2)ccc1O. The third-order valence-corrected chi connectivity index (χ3v) is 4.02. The molecule has 0 saturated heterocycles. The van der Waals surface area contributed by atoms with E-state index in [-0.39, 0.29) is 29.2 Å². The van der Waals surface area contributed by atoms with E-state index < -0.39 is 34.9 Å². The monoisotopic (exact) mass is 348 g/mol. The topological polar surface area (TPSA) is 126 Å². The number of carbonyl (C=O) groups excluding carboxylic acids is 1. The highest BCUT2D eigenvalue weighted by Gasteiger charge is 2.36. The molecule has 1 unspecified atom stereocenters. The summed E-state index contributed by atoms with van der Waals surface area (Å²) in [5.74, 6) is -3.10. The molecule has 0 spiro atoms. The number of aromatic hydroxyl groups is 4. The first-order valence-corrected chi connectivity index (χ1v) is 7.30. The van der Waals surface area contributed by atoms with E-state index in [9.17, 15) is 25.2 Å². The van der Waals surface area contributed by atoms with Gasteiger partial charge in [0.2, 0.25) is 17.2 Å². The Hall–Kier alpha value is -3.29. The lowest BCUT2D eigenvalue weighted by Gasteiger charge is -2.27. The number of phenolic OH excluding ortho intramolecular Hbond substituents is 4. The van der Waals surface area contributed by atoms with Crippen LogP contribution in [0.4, 0.5) is 0 Å². The molecule has 0 aliphatic carbocycles. The van der Waals surface area contributed by atoms with Gasteiger partial charge < -0.3 is 34.6 Å². The maximum Gasteiger partial charge on any atom is 0.210 e. The highest BCUT2D eigenvalue weighted by atomic mass is 16.5. The number of carbonyl (C=O) groups is 1. The summed E-state index contributed by atoms with van der Waals surface area (Å²) in [6, 6.07) is 4.45. The molecule has 4 N–H and O–H groups in total. The zero-order chi connectivity index (χ0) is 18.3. The Morgan fingerprint density at radius 3 is 2.40 bits per heavy atom. The smallest absolute Gasteiger partial charge is 0.210 e. The van der Waals surface area contributed by atoms with Crippen LogP contribution in [0.15, 0.2) is 18.2 Å². The van der Waals surface area contributed by atoms with Crippen molar-refractivity contribution in [1.29, 1.82) is 0 Å². The van der Waals surface area contributed by atoms with Crippen molar-refractivity contribution in [2.75, 3.05) is 14.2 Å². The van der Waals surface area contributed by atoms with Crippen molar-refractivity contribution in [2.24, 2.45) is 0 Å². The van der Waals surface area contributed by atoms with Gasteiger partial charge in [0.15, 0.2) is 28.8 Å². The summed E-state index contributed by atoms with van der Waals surface area (Å²) in [6.07, 6.45) is -0.922. The summed E-state index contributed by atoms with van der Waals surface area (Å²) >= 11 is 0. The maximum absolute atomic E-state index is 12.4. The Bertz CT molecular complexity index is 858. The summed E-state index contributed by atoms with van der Waals surface area (Å²) in [5.41, 5.74) is 0.220. The summed E-state index contributed by atoms with van der Waals surface area (Å²) in [7, 11) is 2.58. The van der Waals surface area contributed by atoms with Crippen LogP contribution in [0.2, 0.25) is 0 Å². The van der Waals surface area contributed by atoms with Gasteiger partial charge in [0.1, 0.15) is 11.7 Å². The van der Waals surface area contributed by atoms with Crippen molar-refractivity contribution in [1.82, 2.24) is 0 Å². The first-order valence-electron chi connectivity index (χ1n) is 7.30. The number of ether oxygens (including phenoxy) is 3. The van der Waals surface area contributed by atoms with Crippen molar-refractivity contribution >= 4 is 5.78 Å². The minimum Gasteiger partial charge on any atom is -0.504 e. The first-order chi connectivity index (χ1) is 11.9. The van der Waals surface area contributed by atoms with Crippen LogP contribution in [0.3, 0.4) is 0 Å². The third kappa shape index (κ3) is 2.51. The molecule has 0 saturated carbocycles. The van der Waals surface area contributed by atoms with E-state index in [1.54, 1.807) is 6.07 Å². The largest absolute Gasteiger partial charge is 0.504 e. The van der Waals surface area contributed by atoms with E-state index in [1.165, 1.54) is 26.4 Å². The number of Topliss-reactive ketones (excluding diaryl/α,β-unsaturated/α-hetero) is 1. The van der Waals surface area contributed by atoms with Crippen LogP contribution in [0, 0.1) is 0 Å². The molecule has 25 heavy (non-hydrogen) atoms. The molecule has 0 amide bonds. The van der Waals surface area contributed by atoms with Crippen molar-refractivity contribution in [3.05, 3.63) is 29.3 Å². The van der Waals surface area contributed by atoms with Crippen LogP contribution in [-0.4, -0.2) is 40.4 Å². The second kappa shape index (κ2) is 5.97. The average Bonchev–Trinajstić information content (AvgIpc) is 2.60. The van der Waals surface area contributed by atoms with Gasteiger partial charge in [0, 0.05) is 0 Å². The molecular weight excluding hydrogens is 332 g/mol. The molecule has 132 valence electrons. The third-order valence-electron chi connectivity index (χ3n) is 4.02. The fourth-order valence-corrected chi connectivity index (χ4v) is 2.77. The van der Waals surface area contributed by atoms with Crippen molar-refractivity contribution < 1.29 is 39.4 Å². The Labute approximate surface area is 142 Å². The maximum atomic E-state index is 12.4. The van der Waals surface area contributed by atoms with Gasteiger partial charge in [-0.2, -0.15) is 0 Å². The second-order valence-electron chi connectivity index (χ2n) is 5.45. The summed E-state index contributed by atoms with van der Waals surface area (Å²) in [5, 5.41) is 39.8. The number of hydrogen-bond donors (Lipinski definition) is 4. The number of phenols is 4. The van der Waals surface area contributed by atoms with Crippen LogP contribution in [0.1, 0.15) is 28.4 Å². The molecule has 8 heteroatoms. The van der Waals surface area contributed by atoms with Crippen molar-refractivity contribution in [3.8, 4) is 40.2 Å². The number of ketones is 1. The standard InChI is InChI=1S/C17H16O8/c1-23-11-5-7(3-4-8(11)18)10-6-9(19)12-13(20)14(21)17(24-2)15(22)16(12)25-10/h3-5,10,18,20-22H,6H2,1-2H3. The highest BCUT2D eigenvalue weighted by molar-refractivity contribution is 6.05. The van der Waals surface area contributed by atoms with Gasteiger partial charge in [-0.05, 0) is 17.7 Å². The lowest BCUT2D eigenvalue weighted by atomic mass is 9.94. The Kier molecular flexibility index (Phi) is 3.96. The quantitative estimate of drug-likeness (QED) is 0.491. The molecule has 0 bridgehead atoms. The fourth-order valence-electron chi connectivity index (χ4n) is 2.77. The van der Waals surface area contributed by atoms with Crippen molar-refractivity contribution in [3.63, 3.8) is 0 Å². The zero-order valence-electron chi connectivity index (χ0n) is 13.4. The highest BCUT2D eigenvalue weighted by Crippen LogP contribution is 2.55.